The Bertz CT molecular complexity index is 1300. The lowest BCUT2D eigenvalue weighted by atomic mass is 9.85. The number of ether oxygens (including phenoxy) is 2. The standard InChI is InChI=1S/C29H30F4N4O4/c30-18-5-1-16(2-6-18)26(17-3-7-19(31)8-4-17)27(34)28(38)37-25-12-20(32)11-24(33)23(25)10-9-22-13-36-21(14-40-22)15-41-29(35)39/h1-8,11-12,21-22,26-27,36H,9-10,13-15,34H2,(H2,35,39)(H,37,38)/t21-,22+,27-/m0/s1. The molecule has 0 aliphatic carbocycles. The highest BCUT2D eigenvalue weighted by Gasteiger charge is 2.29. The number of benzene rings is 3. The molecule has 41 heavy (non-hydrogen) atoms. The Labute approximate surface area is 234 Å². The van der Waals surface area contributed by atoms with Gasteiger partial charge in [-0.15, -0.1) is 0 Å². The van der Waals surface area contributed by atoms with Gasteiger partial charge in [-0.3, -0.25) is 4.79 Å². The van der Waals surface area contributed by atoms with Crippen LogP contribution in [0.3, 0.4) is 0 Å². The summed E-state index contributed by atoms with van der Waals surface area (Å²) in [5.41, 5.74) is 12.3. The Kier molecular flexibility index (Phi) is 9.92. The fourth-order valence-corrected chi connectivity index (χ4v) is 4.73. The van der Waals surface area contributed by atoms with E-state index in [1.54, 1.807) is 0 Å². The molecule has 3 atom stereocenters. The van der Waals surface area contributed by atoms with Gasteiger partial charge in [0.25, 0.3) is 0 Å². The zero-order valence-corrected chi connectivity index (χ0v) is 21.9. The summed E-state index contributed by atoms with van der Waals surface area (Å²) in [5, 5.41) is 5.70. The predicted molar refractivity (Wildman–Crippen MR) is 143 cm³/mol. The average Bonchev–Trinajstić information content (AvgIpc) is 2.94. The van der Waals surface area contributed by atoms with Gasteiger partial charge in [0.1, 0.15) is 29.9 Å². The first-order valence-electron chi connectivity index (χ1n) is 12.9. The van der Waals surface area contributed by atoms with Crippen LogP contribution in [0.25, 0.3) is 0 Å². The number of halogens is 4. The number of hydrogen-bond donors (Lipinski definition) is 4. The molecule has 4 rings (SSSR count). The lowest BCUT2D eigenvalue weighted by Crippen LogP contribution is -2.49. The van der Waals surface area contributed by atoms with Gasteiger partial charge < -0.3 is 31.6 Å². The minimum absolute atomic E-state index is 0.0436. The van der Waals surface area contributed by atoms with Gasteiger partial charge in [0.05, 0.1) is 24.8 Å². The average molecular weight is 575 g/mol. The summed E-state index contributed by atoms with van der Waals surface area (Å²) in [5.74, 6) is -4.28. The number of carbonyl (C=O) groups is 2. The van der Waals surface area contributed by atoms with Crippen LogP contribution in [-0.4, -0.2) is 49.9 Å². The monoisotopic (exact) mass is 574 g/mol. The summed E-state index contributed by atoms with van der Waals surface area (Å²) in [6.07, 6.45) is -0.777. The smallest absolute Gasteiger partial charge is 0.404 e. The number of morpholine rings is 1. The van der Waals surface area contributed by atoms with Crippen molar-refractivity contribution < 1.29 is 36.6 Å². The molecule has 3 aromatic carbocycles. The second-order valence-corrected chi connectivity index (χ2v) is 9.74. The van der Waals surface area contributed by atoms with E-state index in [0.717, 1.165) is 12.1 Å². The molecule has 8 nitrogen and oxygen atoms in total. The van der Waals surface area contributed by atoms with E-state index in [9.17, 15) is 27.2 Å². The Morgan fingerprint density at radius 1 is 0.976 bits per heavy atom. The Morgan fingerprint density at radius 3 is 2.12 bits per heavy atom. The zero-order valence-electron chi connectivity index (χ0n) is 21.9. The first-order valence-corrected chi connectivity index (χ1v) is 12.9. The van der Waals surface area contributed by atoms with Crippen LogP contribution in [0.15, 0.2) is 60.7 Å². The van der Waals surface area contributed by atoms with E-state index in [2.05, 4.69) is 10.6 Å². The molecule has 12 heteroatoms. The molecule has 1 saturated heterocycles. The van der Waals surface area contributed by atoms with Crippen molar-refractivity contribution in [3.63, 3.8) is 0 Å². The molecule has 6 N–H and O–H groups in total. The van der Waals surface area contributed by atoms with E-state index in [4.69, 9.17) is 20.9 Å². The number of nitrogens with one attached hydrogen (secondary N) is 2. The van der Waals surface area contributed by atoms with E-state index in [-0.39, 0.29) is 43.0 Å². The van der Waals surface area contributed by atoms with Gasteiger partial charge in [0.15, 0.2) is 0 Å². The Morgan fingerprint density at radius 2 is 1.59 bits per heavy atom. The molecule has 0 saturated carbocycles. The van der Waals surface area contributed by atoms with E-state index >= 15 is 0 Å². The van der Waals surface area contributed by atoms with Crippen molar-refractivity contribution >= 4 is 17.7 Å². The maximum absolute atomic E-state index is 14.9. The second-order valence-electron chi connectivity index (χ2n) is 9.74. The molecule has 1 heterocycles. The van der Waals surface area contributed by atoms with Crippen molar-refractivity contribution in [2.75, 3.05) is 25.1 Å². The molecule has 218 valence electrons. The molecule has 2 amide bonds. The van der Waals surface area contributed by atoms with Crippen molar-refractivity contribution in [3.05, 3.63) is 101 Å². The van der Waals surface area contributed by atoms with E-state index in [1.165, 1.54) is 48.5 Å². The van der Waals surface area contributed by atoms with Crippen LogP contribution >= 0.6 is 0 Å². The number of primary amides is 1. The van der Waals surface area contributed by atoms with Gasteiger partial charge in [-0.05, 0) is 54.3 Å². The van der Waals surface area contributed by atoms with Gasteiger partial charge >= 0.3 is 6.09 Å². The molecular weight excluding hydrogens is 544 g/mol. The molecule has 0 spiro atoms. The lowest BCUT2D eigenvalue weighted by molar-refractivity contribution is -0.117. The van der Waals surface area contributed by atoms with Crippen LogP contribution in [0.2, 0.25) is 0 Å². The molecule has 1 aliphatic heterocycles. The minimum atomic E-state index is -1.28. The molecule has 1 aliphatic rings. The van der Waals surface area contributed by atoms with Crippen molar-refractivity contribution in [2.24, 2.45) is 11.5 Å². The van der Waals surface area contributed by atoms with E-state index in [0.29, 0.717) is 24.1 Å². The fourth-order valence-electron chi connectivity index (χ4n) is 4.73. The normalized spacial score (nSPS) is 17.7. The largest absolute Gasteiger partial charge is 0.448 e. The summed E-state index contributed by atoms with van der Waals surface area (Å²) in [7, 11) is 0. The molecular formula is C29H30F4N4O4. The van der Waals surface area contributed by atoms with Gasteiger partial charge in [-0.25, -0.2) is 22.4 Å². The molecule has 0 bridgehead atoms. The van der Waals surface area contributed by atoms with Crippen molar-refractivity contribution in [1.82, 2.24) is 5.32 Å². The highest BCUT2D eigenvalue weighted by Crippen LogP contribution is 2.30. The van der Waals surface area contributed by atoms with Crippen LogP contribution in [0.1, 0.15) is 29.0 Å². The summed E-state index contributed by atoms with van der Waals surface area (Å²) in [4.78, 5) is 24.1. The van der Waals surface area contributed by atoms with Crippen LogP contribution in [0, 0.1) is 23.3 Å². The summed E-state index contributed by atoms with van der Waals surface area (Å²) in [6, 6.07) is 10.9. The minimum Gasteiger partial charge on any atom is -0.448 e. The maximum Gasteiger partial charge on any atom is 0.404 e. The molecule has 0 aromatic heterocycles. The van der Waals surface area contributed by atoms with Crippen molar-refractivity contribution in [2.45, 2.75) is 36.9 Å². The first kappa shape index (κ1) is 30.0. The van der Waals surface area contributed by atoms with Crippen LogP contribution in [0.5, 0.6) is 0 Å². The summed E-state index contributed by atoms with van der Waals surface area (Å²) in [6.45, 7) is 0.664. The van der Waals surface area contributed by atoms with Gasteiger partial charge in [0, 0.05) is 29.8 Å². The first-order chi connectivity index (χ1) is 19.6. The van der Waals surface area contributed by atoms with E-state index in [1.807, 2.05) is 0 Å². The van der Waals surface area contributed by atoms with Gasteiger partial charge in [-0.2, -0.15) is 0 Å². The second kappa shape index (κ2) is 13.6. The van der Waals surface area contributed by atoms with Crippen LogP contribution in [0.4, 0.5) is 28.0 Å². The zero-order chi connectivity index (χ0) is 29.5. The maximum atomic E-state index is 14.9. The molecule has 0 radical (unpaired) electrons. The molecule has 1 fully saturated rings. The number of rotatable bonds is 10. The number of nitrogens with two attached hydrogens (primary N) is 2. The SMILES string of the molecule is NC(=O)OC[C@@H]1CO[C@H](CCc2c(F)cc(F)cc2NC(=O)[C@@H](N)C(c2ccc(F)cc2)c2ccc(F)cc2)CN1. The number of hydrogen-bond acceptors (Lipinski definition) is 6. The lowest BCUT2D eigenvalue weighted by Gasteiger charge is -2.30. The molecule has 3 aromatic rings. The van der Waals surface area contributed by atoms with Crippen LogP contribution < -0.4 is 22.1 Å². The predicted octanol–water partition coefficient (Wildman–Crippen LogP) is 3.73. The third-order valence-corrected chi connectivity index (χ3v) is 6.85. The van der Waals surface area contributed by atoms with Crippen LogP contribution in [-0.2, 0) is 20.7 Å². The Hall–Kier alpha value is -4.00. The third kappa shape index (κ3) is 8.03. The van der Waals surface area contributed by atoms with Crippen molar-refractivity contribution in [1.29, 1.82) is 0 Å². The number of amides is 2. The van der Waals surface area contributed by atoms with E-state index < -0.39 is 47.2 Å². The quantitative estimate of drug-likeness (QED) is 0.273. The molecule has 0 unspecified atom stereocenters. The highest BCUT2D eigenvalue weighted by molar-refractivity contribution is 5.96. The summed E-state index contributed by atoms with van der Waals surface area (Å²) < 4.78 is 66.8. The van der Waals surface area contributed by atoms with Gasteiger partial charge in [0.2, 0.25) is 5.91 Å². The third-order valence-electron chi connectivity index (χ3n) is 6.85. The Balaban J connectivity index is 1.48. The number of anilines is 1. The fraction of sp³-hybridized carbons (Fsp3) is 0.310. The summed E-state index contributed by atoms with van der Waals surface area (Å²) >= 11 is 0. The van der Waals surface area contributed by atoms with Crippen molar-refractivity contribution in [3.8, 4) is 0 Å². The highest BCUT2D eigenvalue weighted by atomic mass is 19.1. The van der Waals surface area contributed by atoms with Gasteiger partial charge in [-0.1, -0.05) is 24.3 Å². The number of carbonyl (C=O) groups excluding carboxylic acids is 2. The topological polar surface area (TPSA) is 129 Å².